The van der Waals surface area contributed by atoms with Crippen LogP contribution in [0.5, 0.6) is 11.5 Å². The molecule has 1 saturated carbocycles. The number of nitrogens with one attached hydrogen (secondary N) is 1. The maximum Gasteiger partial charge on any atom is 0.449 e. The number of hydrogen-bond acceptors (Lipinski definition) is 3. The van der Waals surface area contributed by atoms with Crippen molar-refractivity contribution in [3.63, 3.8) is 0 Å². The fourth-order valence-electron chi connectivity index (χ4n) is 5.26. The number of aromatic nitrogens is 2. The van der Waals surface area contributed by atoms with Crippen LogP contribution in [0.4, 0.5) is 18.0 Å². The first kappa shape index (κ1) is 26.8. The Morgan fingerprint density at radius 2 is 1.68 bits per heavy atom. The molecule has 9 heteroatoms. The number of aromatic amines is 1. The lowest BCUT2D eigenvalue weighted by atomic mass is 9.73. The number of halogens is 3. The highest BCUT2D eigenvalue weighted by molar-refractivity contribution is 5.77. The van der Waals surface area contributed by atoms with E-state index in [1.807, 2.05) is 32.9 Å². The summed E-state index contributed by atoms with van der Waals surface area (Å²) < 4.78 is 44.7. The summed E-state index contributed by atoms with van der Waals surface area (Å²) in [6.07, 6.45) is -1.85. The van der Waals surface area contributed by atoms with Crippen LogP contribution in [-0.4, -0.2) is 32.1 Å². The first-order chi connectivity index (χ1) is 17.1. The van der Waals surface area contributed by atoms with Gasteiger partial charge >= 0.3 is 12.3 Å². The van der Waals surface area contributed by atoms with Gasteiger partial charge in [-0.05, 0) is 66.3 Å². The normalized spacial score (nSPS) is 17.5. The van der Waals surface area contributed by atoms with Crippen molar-refractivity contribution in [3.05, 3.63) is 53.9 Å². The zero-order valence-corrected chi connectivity index (χ0v) is 21.8. The van der Waals surface area contributed by atoms with Crippen molar-refractivity contribution in [1.29, 1.82) is 0 Å². The molecule has 1 fully saturated rings. The van der Waals surface area contributed by atoms with Gasteiger partial charge < -0.3 is 14.8 Å². The molecular formula is C28H34F3N3O3. The topological polar surface area (TPSA) is 78.5 Å². The van der Waals surface area contributed by atoms with E-state index in [1.54, 1.807) is 23.1 Å². The van der Waals surface area contributed by atoms with Crippen molar-refractivity contribution in [2.75, 3.05) is 0 Å². The fourth-order valence-corrected chi connectivity index (χ4v) is 5.26. The second kappa shape index (κ2) is 9.58. The van der Waals surface area contributed by atoms with Gasteiger partial charge in [0.1, 0.15) is 11.5 Å². The molecule has 0 spiro atoms. The number of H-pyrrole nitrogens is 1. The standard InChI is InChI=1S/C28H34F3N3O3/c1-26(2,3)23(34(25(35)36)18-12-14-27(4,5)15-13-18)17-6-8-19(9-7-17)37-20-10-11-21-22(16-20)33-24(32-21)28(29,30)31/h6-11,16,18,23H,12-15H2,1-5H3,(H,32,33)(H,35,36). The molecule has 3 aromatic rings. The van der Waals surface area contributed by atoms with Gasteiger partial charge in [-0.3, -0.25) is 4.90 Å². The molecule has 200 valence electrons. The molecule has 1 aliphatic carbocycles. The van der Waals surface area contributed by atoms with Crippen LogP contribution in [0.25, 0.3) is 11.0 Å². The van der Waals surface area contributed by atoms with Gasteiger partial charge in [0.25, 0.3) is 0 Å². The number of ether oxygens (including phenoxy) is 1. The zero-order chi connectivity index (χ0) is 27.2. The van der Waals surface area contributed by atoms with Crippen LogP contribution < -0.4 is 4.74 Å². The van der Waals surface area contributed by atoms with E-state index < -0.39 is 18.1 Å². The van der Waals surface area contributed by atoms with Crippen molar-refractivity contribution in [3.8, 4) is 11.5 Å². The van der Waals surface area contributed by atoms with Gasteiger partial charge in [-0.25, -0.2) is 9.78 Å². The summed E-state index contributed by atoms with van der Waals surface area (Å²) >= 11 is 0. The van der Waals surface area contributed by atoms with Crippen LogP contribution in [0.2, 0.25) is 0 Å². The highest BCUT2D eigenvalue weighted by atomic mass is 19.4. The van der Waals surface area contributed by atoms with Crippen molar-refractivity contribution in [2.24, 2.45) is 10.8 Å². The molecule has 1 heterocycles. The van der Waals surface area contributed by atoms with Crippen LogP contribution in [0.15, 0.2) is 42.5 Å². The third kappa shape index (κ3) is 6.02. The minimum Gasteiger partial charge on any atom is -0.465 e. The molecule has 1 aliphatic rings. The molecule has 0 aliphatic heterocycles. The summed E-state index contributed by atoms with van der Waals surface area (Å²) in [5.74, 6) is -0.213. The Balaban J connectivity index is 1.57. The summed E-state index contributed by atoms with van der Waals surface area (Å²) in [6, 6.07) is 11.4. The van der Waals surface area contributed by atoms with Gasteiger partial charge in [0.2, 0.25) is 5.82 Å². The molecule has 6 nitrogen and oxygen atoms in total. The molecule has 4 rings (SSSR count). The predicted molar refractivity (Wildman–Crippen MR) is 136 cm³/mol. The number of carboxylic acid groups (broad SMARTS) is 1. The van der Waals surface area contributed by atoms with Gasteiger partial charge in [-0.1, -0.05) is 46.8 Å². The Hall–Kier alpha value is -3.23. The number of nitrogens with zero attached hydrogens (tertiary/aromatic N) is 2. The lowest BCUT2D eigenvalue weighted by molar-refractivity contribution is -0.144. The lowest BCUT2D eigenvalue weighted by Gasteiger charge is -2.46. The maximum atomic E-state index is 13.0. The van der Waals surface area contributed by atoms with E-state index in [4.69, 9.17) is 4.74 Å². The quantitative estimate of drug-likeness (QED) is 0.356. The monoisotopic (exact) mass is 517 g/mol. The van der Waals surface area contributed by atoms with Gasteiger partial charge in [0.15, 0.2) is 0 Å². The number of imidazole rings is 1. The van der Waals surface area contributed by atoms with E-state index in [2.05, 4.69) is 23.8 Å². The first-order valence-electron chi connectivity index (χ1n) is 12.5. The Morgan fingerprint density at radius 1 is 1.08 bits per heavy atom. The fraction of sp³-hybridized carbons (Fsp3) is 0.500. The summed E-state index contributed by atoms with van der Waals surface area (Å²) in [6.45, 7) is 10.6. The third-order valence-electron chi connectivity index (χ3n) is 7.18. The molecule has 1 atom stereocenters. The maximum absolute atomic E-state index is 13.0. The second-order valence-electron chi connectivity index (χ2n) is 11.8. The average Bonchev–Trinajstić information content (AvgIpc) is 3.22. The SMILES string of the molecule is CC1(C)CCC(N(C(=O)O)C(c2ccc(Oc3ccc4[nH]c(C(F)(F)F)nc4c3)cc2)C(C)(C)C)CC1. The summed E-state index contributed by atoms with van der Waals surface area (Å²) in [5.41, 5.74) is 1.16. The molecule has 1 unspecified atom stereocenters. The van der Waals surface area contributed by atoms with Gasteiger partial charge in [-0.2, -0.15) is 13.2 Å². The molecule has 2 N–H and O–H groups in total. The molecular weight excluding hydrogens is 483 g/mol. The van der Waals surface area contributed by atoms with Crippen molar-refractivity contribution in [2.45, 2.75) is 78.6 Å². The Kier molecular flexibility index (Phi) is 6.94. The van der Waals surface area contributed by atoms with Gasteiger partial charge in [-0.15, -0.1) is 0 Å². The highest BCUT2D eigenvalue weighted by Crippen LogP contribution is 2.44. The smallest absolute Gasteiger partial charge is 0.449 e. The van der Waals surface area contributed by atoms with E-state index in [1.165, 1.54) is 12.1 Å². The zero-order valence-electron chi connectivity index (χ0n) is 21.8. The Labute approximate surface area is 214 Å². The average molecular weight is 518 g/mol. The van der Waals surface area contributed by atoms with E-state index in [-0.39, 0.29) is 33.9 Å². The summed E-state index contributed by atoms with van der Waals surface area (Å²) in [7, 11) is 0. The predicted octanol–water partition coefficient (Wildman–Crippen LogP) is 8.41. The number of benzene rings is 2. The minimum atomic E-state index is -4.56. The van der Waals surface area contributed by atoms with Crippen LogP contribution in [0.1, 0.15) is 77.7 Å². The first-order valence-corrected chi connectivity index (χ1v) is 12.5. The van der Waals surface area contributed by atoms with E-state index in [0.29, 0.717) is 11.5 Å². The molecule has 37 heavy (non-hydrogen) atoms. The number of carbonyl (C=O) groups is 1. The van der Waals surface area contributed by atoms with Crippen LogP contribution in [0.3, 0.4) is 0 Å². The number of fused-ring (bicyclic) bond motifs is 1. The molecule has 1 amide bonds. The molecule has 0 saturated heterocycles. The molecule has 2 aromatic carbocycles. The third-order valence-corrected chi connectivity index (χ3v) is 7.18. The molecule has 0 bridgehead atoms. The summed E-state index contributed by atoms with van der Waals surface area (Å²) in [4.78, 5) is 20.0. The Morgan fingerprint density at radius 3 is 2.22 bits per heavy atom. The molecule has 0 radical (unpaired) electrons. The van der Waals surface area contributed by atoms with Crippen LogP contribution >= 0.6 is 0 Å². The van der Waals surface area contributed by atoms with Crippen LogP contribution in [-0.2, 0) is 6.18 Å². The van der Waals surface area contributed by atoms with E-state index in [0.717, 1.165) is 31.2 Å². The Bertz CT molecular complexity index is 1250. The van der Waals surface area contributed by atoms with E-state index in [9.17, 15) is 23.1 Å². The van der Waals surface area contributed by atoms with Crippen molar-refractivity contribution < 1.29 is 27.8 Å². The molecule has 1 aromatic heterocycles. The summed E-state index contributed by atoms with van der Waals surface area (Å²) in [5, 5.41) is 10.3. The van der Waals surface area contributed by atoms with Crippen molar-refractivity contribution >= 4 is 17.1 Å². The highest BCUT2D eigenvalue weighted by Gasteiger charge is 2.41. The number of hydrogen-bond donors (Lipinski definition) is 2. The van der Waals surface area contributed by atoms with Gasteiger partial charge in [0, 0.05) is 12.1 Å². The van der Waals surface area contributed by atoms with Crippen LogP contribution in [0, 0.1) is 10.8 Å². The van der Waals surface area contributed by atoms with Gasteiger partial charge in [0.05, 0.1) is 17.1 Å². The van der Waals surface area contributed by atoms with Crippen molar-refractivity contribution in [1.82, 2.24) is 14.9 Å². The number of alkyl halides is 3. The minimum absolute atomic E-state index is 0.0483. The largest absolute Gasteiger partial charge is 0.465 e. The second-order valence-corrected chi connectivity index (χ2v) is 11.8. The van der Waals surface area contributed by atoms with E-state index >= 15 is 0 Å². The number of rotatable bonds is 5. The number of amides is 1. The lowest BCUT2D eigenvalue weighted by Crippen LogP contribution is -2.48.